The number of hydrogen-bond acceptors (Lipinski definition) is 5. The summed E-state index contributed by atoms with van der Waals surface area (Å²) in [7, 11) is 0. The maximum atomic E-state index is 8.74. The third-order valence-electron chi connectivity index (χ3n) is 3.35. The van der Waals surface area contributed by atoms with Gasteiger partial charge in [0, 0.05) is 10.6 Å². The molecule has 6 heteroatoms. The summed E-state index contributed by atoms with van der Waals surface area (Å²) in [6.45, 7) is 0.671. The number of anilines is 1. The van der Waals surface area contributed by atoms with E-state index in [0.29, 0.717) is 23.1 Å². The first-order valence-corrected chi connectivity index (χ1v) is 7.06. The van der Waals surface area contributed by atoms with E-state index in [0.717, 1.165) is 24.2 Å². The van der Waals surface area contributed by atoms with Crippen LogP contribution in [0.15, 0.2) is 30.3 Å². The van der Waals surface area contributed by atoms with Gasteiger partial charge in [-0.05, 0) is 37.1 Å². The topological polar surface area (TPSA) is 70.8 Å². The molecule has 2 aromatic rings. The number of fused-ring (bicyclic) bond motifs is 1. The molecule has 0 spiro atoms. The van der Waals surface area contributed by atoms with Crippen molar-refractivity contribution in [3.63, 3.8) is 0 Å². The number of benzene rings is 1. The van der Waals surface area contributed by atoms with Gasteiger partial charge in [0.05, 0.1) is 12.6 Å². The Labute approximate surface area is 127 Å². The molecule has 0 radical (unpaired) electrons. The molecule has 1 atom stereocenters. The summed E-state index contributed by atoms with van der Waals surface area (Å²) in [5, 5.41) is 20.6. The second-order valence-corrected chi connectivity index (χ2v) is 5.22. The summed E-state index contributed by atoms with van der Waals surface area (Å²) in [6.07, 6.45) is 1.87. The number of aromatic nitrogens is 2. The Morgan fingerprint density at radius 3 is 2.95 bits per heavy atom. The van der Waals surface area contributed by atoms with Crippen LogP contribution in [-0.4, -0.2) is 16.8 Å². The standard InChI is InChI=1S/C15H13ClN4O/c16-10-3-5-12-13(2-1-7-21-14(12)8-10)18-15-6-4-11(9-17)19-20-15/h3-6,8,13H,1-2,7H2,(H,18,20). The highest BCUT2D eigenvalue weighted by Crippen LogP contribution is 2.35. The van der Waals surface area contributed by atoms with Crippen molar-refractivity contribution in [1.29, 1.82) is 5.26 Å². The van der Waals surface area contributed by atoms with Crippen molar-refractivity contribution >= 4 is 17.4 Å². The average molecular weight is 301 g/mol. The molecular weight excluding hydrogens is 288 g/mol. The molecule has 2 heterocycles. The summed E-state index contributed by atoms with van der Waals surface area (Å²) in [6, 6.07) is 11.1. The first kappa shape index (κ1) is 13.7. The largest absolute Gasteiger partial charge is 0.493 e. The fourth-order valence-corrected chi connectivity index (χ4v) is 2.51. The molecule has 1 aromatic heterocycles. The molecule has 106 valence electrons. The molecular formula is C15H13ClN4O. The van der Waals surface area contributed by atoms with E-state index in [9.17, 15) is 0 Å². The minimum atomic E-state index is 0.0852. The highest BCUT2D eigenvalue weighted by molar-refractivity contribution is 6.30. The van der Waals surface area contributed by atoms with Crippen molar-refractivity contribution in [2.75, 3.05) is 11.9 Å². The normalized spacial score (nSPS) is 17.0. The van der Waals surface area contributed by atoms with Crippen molar-refractivity contribution < 1.29 is 4.74 Å². The van der Waals surface area contributed by atoms with Crippen LogP contribution in [0.4, 0.5) is 5.82 Å². The Hall–Kier alpha value is -2.32. The fourth-order valence-electron chi connectivity index (χ4n) is 2.34. The first-order chi connectivity index (χ1) is 10.3. The molecule has 3 rings (SSSR count). The van der Waals surface area contributed by atoms with E-state index < -0.39 is 0 Å². The van der Waals surface area contributed by atoms with E-state index in [4.69, 9.17) is 21.6 Å². The molecule has 1 aliphatic rings. The minimum Gasteiger partial charge on any atom is -0.493 e. The number of ether oxygens (including phenoxy) is 1. The first-order valence-electron chi connectivity index (χ1n) is 6.69. The van der Waals surface area contributed by atoms with Crippen LogP contribution in [0, 0.1) is 11.3 Å². The third kappa shape index (κ3) is 3.06. The van der Waals surface area contributed by atoms with Gasteiger partial charge >= 0.3 is 0 Å². The lowest BCUT2D eigenvalue weighted by Gasteiger charge is -2.18. The van der Waals surface area contributed by atoms with Gasteiger partial charge in [-0.1, -0.05) is 17.7 Å². The van der Waals surface area contributed by atoms with Crippen molar-refractivity contribution in [2.45, 2.75) is 18.9 Å². The molecule has 0 fully saturated rings. The zero-order chi connectivity index (χ0) is 14.7. The highest BCUT2D eigenvalue weighted by atomic mass is 35.5. The Morgan fingerprint density at radius 1 is 1.29 bits per heavy atom. The van der Waals surface area contributed by atoms with Crippen molar-refractivity contribution in [1.82, 2.24) is 10.2 Å². The summed E-state index contributed by atoms with van der Waals surface area (Å²) < 4.78 is 5.73. The zero-order valence-electron chi connectivity index (χ0n) is 11.2. The number of nitriles is 1. The van der Waals surface area contributed by atoms with Crippen molar-refractivity contribution in [2.24, 2.45) is 0 Å². The third-order valence-corrected chi connectivity index (χ3v) is 3.58. The van der Waals surface area contributed by atoms with Crippen LogP contribution in [-0.2, 0) is 0 Å². The van der Waals surface area contributed by atoms with Gasteiger partial charge in [0.25, 0.3) is 0 Å². The lowest BCUT2D eigenvalue weighted by molar-refractivity contribution is 0.316. The molecule has 0 saturated carbocycles. The van der Waals surface area contributed by atoms with Crippen LogP contribution >= 0.6 is 11.6 Å². The number of hydrogen-bond donors (Lipinski definition) is 1. The molecule has 0 saturated heterocycles. The minimum absolute atomic E-state index is 0.0852. The van der Waals surface area contributed by atoms with E-state index >= 15 is 0 Å². The SMILES string of the molecule is N#Cc1ccc(NC2CCCOc3cc(Cl)ccc32)nn1. The van der Waals surface area contributed by atoms with E-state index in [1.807, 2.05) is 24.3 Å². The van der Waals surface area contributed by atoms with Gasteiger partial charge in [-0.25, -0.2) is 0 Å². The Kier molecular flexibility index (Phi) is 3.89. The van der Waals surface area contributed by atoms with E-state index in [2.05, 4.69) is 15.5 Å². The van der Waals surface area contributed by atoms with Gasteiger partial charge in [0.15, 0.2) is 5.69 Å². The smallest absolute Gasteiger partial charge is 0.163 e. The van der Waals surface area contributed by atoms with Crippen LogP contribution in [0.2, 0.25) is 5.02 Å². The zero-order valence-corrected chi connectivity index (χ0v) is 12.0. The number of nitrogens with zero attached hydrogens (tertiary/aromatic N) is 3. The number of nitrogens with one attached hydrogen (secondary N) is 1. The lowest BCUT2D eigenvalue weighted by Crippen LogP contribution is -2.11. The summed E-state index contributed by atoms with van der Waals surface area (Å²) >= 11 is 6.02. The second-order valence-electron chi connectivity index (χ2n) is 4.79. The van der Waals surface area contributed by atoms with Crippen molar-refractivity contribution in [3.8, 4) is 11.8 Å². The summed E-state index contributed by atoms with van der Waals surface area (Å²) in [5.41, 5.74) is 1.36. The Morgan fingerprint density at radius 2 is 2.19 bits per heavy atom. The molecule has 21 heavy (non-hydrogen) atoms. The second kappa shape index (κ2) is 5.98. The molecule has 1 N–H and O–H groups in total. The van der Waals surface area contributed by atoms with Crippen LogP contribution in [0.3, 0.4) is 0 Å². The van der Waals surface area contributed by atoms with Crippen molar-refractivity contribution in [3.05, 3.63) is 46.6 Å². The Bertz CT molecular complexity index is 681. The average Bonchev–Trinajstić information content (AvgIpc) is 2.70. The summed E-state index contributed by atoms with van der Waals surface area (Å²) in [5.74, 6) is 1.45. The van der Waals surface area contributed by atoms with Gasteiger partial charge in [-0.15, -0.1) is 10.2 Å². The van der Waals surface area contributed by atoms with E-state index in [-0.39, 0.29) is 6.04 Å². The molecule has 1 aliphatic heterocycles. The van der Waals surface area contributed by atoms with Crippen LogP contribution in [0.1, 0.15) is 30.1 Å². The molecule has 1 aromatic carbocycles. The monoisotopic (exact) mass is 300 g/mol. The number of halogens is 1. The van der Waals surface area contributed by atoms with Crippen LogP contribution in [0.25, 0.3) is 0 Å². The predicted molar refractivity (Wildman–Crippen MR) is 79.3 cm³/mol. The highest BCUT2D eigenvalue weighted by Gasteiger charge is 2.20. The Balaban J connectivity index is 1.86. The maximum Gasteiger partial charge on any atom is 0.163 e. The molecule has 0 amide bonds. The molecule has 0 bridgehead atoms. The summed E-state index contributed by atoms with van der Waals surface area (Å²) in [4.78, 5) is 0. The van der Waals surface area contributed by atoms with Crippen LogP contribution < -0.4 is 10.1 Å². The fraction of sp³-hybridized carbons (Fsp3) is 0.267. The quantitative estimate of drug-likeness (QED) is 0.921. The lowest BCUT2D eigenvalue weighted by atomic mass is 10.0. The van der Waals surface area contributed by atoms with Gasteiger partial charge in [0.1, 0.15) is 17.6 Å². The number of rotatable bonds is 2. The van der Waals surface area contributed by atoms with Gasteiger partial charge in [0.2, 0.25) is 0 Å². The molecule has 5 nitrogen and oxygen atoms in total. The van der Waals surface area contributed by atoms with Crippen LogP contribution in [0.5, 0.6) is 5.75 Å². The van der Waals surface area contributed by atoms with Gasteiger partial charge in [-0.2, -0.15) is 5.26 Å². The maximum absolute atomic E-state index is 8.74. The van der Waals surface area contributed by atoms with Gasteiger partial charge in [-0.3, -0.25) is 0 Å². The molecule has 0 aliphatic carbocycles. The van der Waals surface area contributed by atoms with Gasteiger partial charge < -0.3 is 10.1 Å². The van der Waals surface area contributed by atoms with E-state index in [1.54, 1.807) is 12.1 Å². The predicted octanol–water partition coefficient (Wildman–Crippen LogP) is 3.33. The molecule has 1 unspecified atom stereocenters. The van der Waals surface area contributed by atoms with E-state index in [1.165, 1.54) is 0 Å².